The van der Waals surface area contributed by atoms with Gasteiger partial charge in [-0.05, 0) is 74.7 Å². The SMILES string of the molecule is C[C@]12CC[C@H]3[C@@H](CC[C@]4(O)C[C@@H](ON([O-])O)CC[C@]34C=O)[C@@]1(O)CC[C@@H]2C1=CC(=O)OC1. The summed E-state index contributed by atoms with van der Waals surface area (Å²) in [7, 11) is 0. The number of hydrogen-bond acceptors (Lipinski definition) is 9. The van der Waals surface area contributed by atoms with E-state index in [0.717, 1.165) is 18.3 Å². The highest BCUT2D eigenvalue weighted by atomic mass is 17.1. The highest BCUT2D eigenvalue weighted by molar-refractivity contribution is 5.85. The minimum Gasteiger partial charge on any atom is -0.738 e. The Morgan fingerprint density at radius 2 is 1.91 bits per heavy atom. The zero-order valence-corrected chi connectivity index (χ0v) is 18.4. The molecule has 4 saturated carbocycles. The minimum absolute atomic E-state index is 0.0598. The number of carbonyl (C=O) groups is 2. The molecule has 0 radical (unpaired) electrons. The van der Waals surface area contributed by atoms with Crippen LogP contribution in [0.3, 0.4) is 0 Å². The monoisotopic (exact) mass is 450 g/mol. The van der Waals surface area contributed by atoms with Crippen molar-refractivity contribution in [3.8, 4) is 0 Å². The van der Waals surface area contributed by atoms with Gasteiger partial charge in [0.2, 0.25) is 0 Å². The molecule has 0 amide bonds. The van der Waals surface area contributed by atoms with Gasteiger partial charge in [-0.25, -0.2) is 4.79 Å². The van der Waals surface area contributed by atoms with E-state index in [0.29, 0.717) is 44.9 Å². The topological polar surface area (TPSA) is 140 Å². The quantitative estimate of drug-likeness (QED) is 0.333. The Hall–Kier alpha value is -1.36. The van der Waals surface area contributed by atoms with Crippen LogP contribution < -0.4 is 0 Å². The zero-order chi connectivity index (χ0) is 22.9. The lowest BCUT2D eigenvalue weighted by Gasteiger charge is -2.65. The van der Waals surface area contributed by atoms with Crippen LogP contribution in [0.1, 0.15) is 64.7 Å². The summed E-state index contributed by atoms with van der Waals surface area (Å²) < 4.78 is 5.15. The number of aliphatic hydroxyl groups is 2. The van der Waals surface area contributed by atoms with Crippen molar-refractivity contribution in [3.63, 3.8) is 0 Å². The average Bonchev–Trinajstić information content (AvgIpc) is 3.27. The molecule has 32 heavy (non-hydrogen) atoms. The number of fused-ring (bicyclic) bond motifs is 5. The van der Waals surface area contributed by atoms with Crippen molar-refractivity contribution in [2.75, 3.05) is 6.61 Å². The largest absolute Gasteiger partial charge is 0.738 e. The van der Waals surface area contributed by atoms with Gasteiger partial charge in [-0.15, -0.1) is 5.39 Å². The number of hydrogen-bond donors (Lipinski definition) is 3. The van der Waals surface area contributed by atoms with Crippen molar-refractivity contribution < 1.29 is 34.6 Å². The van der Waals surface area contributed by atoms with Crippen molar-refractivity contribution in [2.24, 2.45) is 28.6 Å². The van der Waals surface area contributed by atoms with Gasteiger partial charge in [-0.2, -0.15) is 0 Å². The molecule has 9 heteroatoms. The first-order valence-corrected chi connectivity index (χ1v) is 11.7. The van der Waals surface area contributed by atoms with Crippen LogP contribution in [0.4, 0.5) is 0 Å². The normalized spacial score (nSPS) is 50.3. The van der Waals surface area contributed by atoms with Gasteiger partial charge >= 0.3 is 5.97 Å². The summed E-state index contributed by atoms with van der Waals surface area (Å²) in [5, 5.41) is 43.1. The molecule has 0 unspecified atom stereocenters. The van der Waals surface area contributed by atoms with E-state index in [1.54, 1.807) is 6.08 Å². The van der Waals surface area contributed by atoms with E-state index in [9.17, 15) is 25.0 Å². The molecule has 8 atom stereocenters. The lowest BCUT2D eigenvalue weighted by molar-refractivity contribution is -0.346. The molecule has 0 aromatic heterocycles. The van der Waals surface area contributed by atoms with E-state index in [1.807, 2.05) is 0 Å². The lowest BCUT2D eigenvalue weighted by Crippen LogP contribution is -2.69. The predicted molar refractivity (Wildman–Crippen MR) is 109 cm³/mol. The summed E-state index contributed by atoms with van der Waals surface area (Å²) in [6, 6.07) is 0. The fraction of sp³-hybridized carbons (Fsp3) is 0.826. The molecule has 4 aliphatic carbocycles. The van der Waals surface area contributed by atoms with Crippen LogP contribution in [0.25, 0.3) is 0 Å². The summed E-state index contributed by atoms with van der Waals surface area (Å²) in [5.41, 5.74) is -2.82. The summed E-state index contributed by atoms with van der Waals surface area (Å²) in [6.07, 6.45) is 6.25. The molecule has 9 nitrogen and oxygen atoms in total. The Morgan fingerprint density at radius 1 is 1.16 bits per heavy atom. The molecule has 0 aromatic rings. The Labute approximate surface area is 186 Å². The Balaban J connectivity index is 1.46. The molecular formula is C23H32NO8-. The first-order valence-electron chi connectivity index (χ1n) is 11.7. The molecule has 3 N–H and O–H groups in total. The Kier molecular flexibility index (Phi) is 5.13. The van der Waals surface area contributed by atoms with Gasteiger partial charge in [0.05, 0.1) is 22.7 Å². The van der Waals surface area contributed by atoms with E-state index in [1.165, 1.54) is 0 Å². The summed E-state index contributed by atoms with van der Waals surface area (Å²) in [6.45, 7) is 2.39. The number of ether oxygens (including phenoxy) is 1. The van der Waals surface area contributed by atoms with Gasteiger partial charge in [0.25, 0.3) is 0 Å². The van der Waals surface area contributed by atoms with Crippen LogP contribution in [0.2, 0.25) is 0 Å². The summed E-state index contributed by atoms with van der Waals surface area (Å²) >= 11 is 0. The van der Waals surface area contributed by atoms with Gasteiger partial charge in [-0.3, -0.25) is 4.84 Å². The third kappa shape index (κ3) is 2.85. The van der Waals surface area contributed by atoms with Crippen LogP contribution in [-0.2, 0) is 19.2 Å². The van der Waals surface area contributed by atoms with E-state index in [4.69, 9.17) is 14.8 Å². The third-order valence-electron chi connectivity index (χ3n) is 10.1. The number of carbonyl (C=O) groups excluding carboxylic acids is 2. The van der Waals surface area contributed by atoms with E-state index in [-0.39, 0.29) is 36.8 Å². The first kappa shape index (κ1) is 22.4. The van der Waals surface area contributed by atoms with Gasteiger partial charge in [0.15, 0.2) is 0 Å². The van der Waals surface area contributed by atoms with Gasteiger partial charge < -0.3 is 30.2 Å². The molecule has 1 heterocycles. The van der Waals surface area contributed by atoms with Crippen LogP contribution in [0.5, 0.6) is 0 Å². The van der Waals surface area contributed by atoms with Gasteiger partial charge in [-0.1, -0.05) is 6.92 Å². The Morgan fingerprint density at radius 3 is 2.56 bits per heavy atom. The van der Waals surface area contributed by atoms with E-state index >= 15 is 0 Å². The maximum atomic E-state index is 12.6. The number of aldehydes is 1. The molecule has 5 aliphatic rings. The average molecular weight is 451 g/mol. The molecule has 4 fully saturated rings. The van der Waals surface area contributed by atoms with Gasteiger partial charge in [0, 0.05) is 17.9 Å². The fourth-order valence-corrected chi connectivity index (χ4v) is 8.53. The van der Waals surface area contributed by atoms with E-state index < -0.39 is 33.5 Å². The van der Waals surface area contributed by atoms with Gasteiger partial charge in [0.1, 0.15) is 12.9 Å². The van der Waals surface area contributed by atoms with Crippen LogP contribution in [-0.4, -0.2) is 57.0 Å². The maximum absolute atomic E-state index is 12.6. The first-order chi connectivity index (χ1) is 15.1. The highest BCUT2D eigenvalue weighted by Gasteiger charge is 2.71. The second-order valence-corrected chi connectivity index (χ2v) is 10.9. The smallest absolute Gasteiger partial charge is 0.331 e. The molecule has 5 rings (SSSR count). The standard InChI is InChI=1S/C23H32NO8/c1-20-6-3-17-18(23(20,28)9-5-16(20)14-10-19(26)31-12-14)4-8-22(27)11-15(32-24(29)30)2-7-21(17,22)13-25/h10,13,15-18,27-29H,2-9,11-12H2,1H3/q-1/t15-,16+,17-,18+,20+,21-,22-,23-/m0/s1. The number of esters is 1. The van der Waals surface area contributed by atoms with Crippen molar-refractivity contribution >= 4 is 12.3 Å². The van der Waals surface area contributed by atoms with Crippen LogP contribution in [0, 0.1) is 33.8 Å². The minimum atomic E-state index is -1.34. The summed E-state index contributed by atoms with van der Waals surface area (Å²) in [4.78, 5) is 29.2. The molecule has 1 aliphatic heterocycles. The Bertz CT molecular complexity index is 846. The molecule has 0 bridgehead atoms. The fourth-order valence-electron chi connectivity index (χ4n) is 8.53. The van der Waals surface area contributed by atoms with Crippen molar-refractivity contribution in [1.82, 2.24) is 5.39 Å². The number of cyclic esters (lactones) is 1. The molecule has 0 saturated heterocycles. The highest BCUT2D eigenvalue weighted by Crippen LogP contribution is 2.70. The third-order valence-corrected chi connectivity index (χ3v) is 10.1. The van der Waals surface area contributed by atoms with Crippen LogP contribution >= 0.6 is 0 Å². The number of nitrogens with zero attached hydrogens (tertiary/aromatic N) is 1. The van der Waals surface area contributed by atoms with Crippen molar-refractivity contribution in [3.05, 3.63) is 16.9 Å². The van der Waals surface area contributed by atoms with Crippen LogP contribution in [0.15, 0.2) is 11.6 Å². The lowest BCUT2D eigenvalue weighted by atomic mass is 9.41. The molecular weight excluding hydrogens is 418 g/mol. The molecule has 178 valence electrons. The van der Waals surface area contributed by atoms with E-state index in [2.05, 4.69) is 6.92 Å². The number of rotatable bonds is 4. The second-order valence-electron chi connectivity index (χ2n) is 10.9. The van der Waals surface area contributed by atoms with Crippen molar-refractivity contribution in [1.29, 1.82) is 0 Å². The molecule has 0 aromatic carbocycles. The predicted octanol–water partition coefficient (Wildman–Crippen LogP) is 2.03. The zero-order valence-electron chi connectivity index (χ0n) is 18.4. The van der Waals surface area contributed by atoms with Crippen molar-refractivity contribution in [2.45, 2.75) is 82.0 Å². The summed E-state index contributed by atoms with van der Waals surface area (Å²) in [5.74, 6) is -0.579. The maximum Gasteiger partial charge on any atom is 0.331 e. The second kappa shape index (κ2) is 7.32. The molecule has 0 spiro atoms.